The highest BCUT2D eigenvalue weighted by Crippen LogP contribution is 2.28. The summed E-state index contributed by atoms with van der Waals surface area (Å²) in [6.07, 6.45) is 7.09. The van der Waals surface area contributed by atoms with Crippen molar-refractivity contribution >= 4 is 26.7 Å². The van der Waals surface area contributed by atoms with Crippen LogP contribution in [0.25, 0.3) is 22.3 Å². The number of pyridine rings is 1. The van der Waals surface area contributed by atoms with Crippen molar-refractivity contribution in [1.29, 1.82) is 0 Å². The lowest BCUT2D eigenvalue weighted by Crippen LogP contribution is -2.36. The number of nitrogens with one attached hydrogen (secondary N) is 2. The largest absolute Gasteiger partial charge is 0.369 e. The van der Waals surface area contributed by atoms with Crippen molar-refractivity contribution in [1.82, 2.24) is 24.2 Å². The average Bonchev–Trinajstić information content (AvgIpc) is 3.21. The topological polar surface area (TPSA) is 104 Å². The summed E-state index contributed by atoms with van der Waals surface area (Å²) < 4.78 is 39.4. The van der Waals surface area contributed by atoms with Crippen LogP contribution in [0.15, 0.2) is 48.9 Å². The van der Waals surface area contributed by atoms with Crippen LogP contribution < -0.4 is 5.32 Å². The van der Waals surface area contributed by atoms with Gasteiger partial charge in [-0.1, -0.05) is 18.2 Å². The number of fused-ring (bicyclic) bond motifs is 2. The Hall–Kier alpha value is -3.37. The van der Waals surface area contributed by atoms with E-state index in [2.05, 4.69) is 31.3 Å². The maximum absolute atomic E-state index is 13.8. The summed E-state index contributed by atoms with van der Waals surface area (Å²) in [5.41, 5.74) is 4.24. The van der Waals surface area contributed by atoms with Crippen molar-refractivity contribution in [3.8, 4) is 11.4 Å². The summed E-state index contributed by atoms with van der Waals surface area (Å²) in [4.78, 5) is 16.4. The van der Waals surface area contributed by atoms with Crippen LogP contribution >= 0.6 is 0 Å². The van der Waals surface area contributed by atoms with Crippen LogP contribution in [0.1, 0.15) is 16.8 Å². The van der Waals surface area contributed by atoms with Gasteiger partial charge in [-0.15, -0.1) is 0 Å². The second-order valence-electron chi connectivity index (χ2n) is 8.10. The van der Waals surface area contributed by atoms with Gasteiger partial charge in [0.05, 0.1) is 24.7 Å². The van der Waals surface area contributed by atoms with E-state index in [1.165, 1.54) is 33.8 Å². The first-order chi connectivity index (χ1) is 15.9. The Labute approximate surface area is 191 Å². The maximum Gasteiger partial charge on any atom is 0.211 e. The monoisotopic (exact) mass is 466 g/mol. The molecule has 2 N–H and O–H groups in total. The quantitative estimate of drug-likeness (QED) is 0.453. The van der Waals surface area contributed by atoms with Gasteiger partial charge in [0.15, 0.2) is 5.82 Å². The zero-order valence-corrected chi connectivity index (χ0v) is 18.9. The molecule has 1 aliphatic rings. The van der Waals surface area contributed by atoms with Gasteiger partial charge in [-0.05, 0) is 30.5 Å². The standard InChI is InChI=1S/C23H23FN6O2S/c1-33(31,32)30-9-7-19-21(14-30)28-22(16-10-17(24)13-25-11-16)29-23(19)26-8-6-15-12-27-20-5-3-2-4-18(15)20/h2-5,10-13,27H,6-9,14H2,1H3,(H,26,28,29). The zero-order valence-electron chi connectivity index (χ0n) is 18.0. The zero-order chi connectivity index (χ0) is 23.0. The Morgan fingerprint density at radius 2 is 2.06 bits per heavy atom. The van der Waals surface area contributed by atoms with Gasteiger partial charge < -0.3 is 10.3 Å². The lowest BCUT2D eigenvalue weighted by molar-refractivity contribution is 0.389. The molecule has 0 amide bonds. The number of sulfonamides is 1. The molecule has 8 nitrogen and oxygen atoms in total. The van der Waals surface area contributed by atoms with Crippen LogP contribution in [-0.4, -0.2) is 52.0 Å². The molecule has 0 saturated carbocycles. The van der Waals surface area contributed by atoms with E-state index in [1.54, 1.807) is 0 Å². The molecule has 0 saturated heterocycles. The molecule has 33 heavy (non-hydrogen) atoms. The van der Waals surface area contributed by atoms with E-state index in [0.717, 1.165) is 23.7 Å². The molecule has 10 heteroatoms. The number of hydrogen-bond acceptors (Lipinski definition) is 6. The molecule has 0 spiro atoms. The number of benzene rings is 1. The van der Waals surface area contributed by atoms with Gasteiger partial charge in [0.2, 0.25) is 10.0 Å². The molecule has 4 aromatic rings. The molecule has 4 heterocycles. The van der Waals surface area contributed by atoms with Crippen LogP contribution in [0.5, 0.6) is 0 Å². The van der Waals surface area contributed by atoms with Crippen LogP contribution in [0, 0.1) is 5.82 Å². The Kier molecular flexibility index (Phi) is 5.55. The maximum atomic E-state index is 13.8. The number of nitrogens with zero attached hydrogens (tertiary/aromatic N) is 4. The Balaban J connectivity index is 1.45. The van der Waals surface area contributed by atoms with Crippen molar-refractivity contribution in [2.75, 3.05) is 24.7 Å². The number of anilines is 1. The number of aromatic nitrogens is 4. The number of hydrogen-bond donors (Lipinski definition) is 2. The van der Waals surface area contributed by atoms with E-state index in [4.69, 9.17) is 0 Å². The first-order valence-electron chi connectivity index (χ1n) is 10.6. The number of para-hydroxylation sites is 1. The minimum Gasteiger partial charge on any atom is -0.369 e. The molecule has 170 valence electrons. The summed E-state index contributed by atoms with van der Waals surface area (Å²) in [7, 11) is -3.36. The van der Waals surface area contributed by atoms with Gasteiger partial charge in [0.25, 0.3) is 0 Å². The van der Waals surface area contributed by atoms with Gasteiger partial charge >= 0.3 is 0 Å². The van der Waals surface area contributed by atoms with Crippen LogP contribution in [0.4, 0.5) is 10.2 Å². The van der Waals surface area contributed by atoms with Gasteiger partial charge in [0.1, 0.15) is 11.6 Å². The minimum absolute atomic E-state index is 0.156. The molecule has 0 atom stereocenters. The van der Waals surface area contributed by atoms with Crippen molar-refractivity contribution in [2.45, 2.75) is 19.4 Å². The second kappa shape index (κ2) is 8.53. The van der Waals surface area contributed by atoms with Crippen LogP contribution in [-0.2, 0) is 29.4 Å². The van der Waals surface area contributed by atoms with Crippen molar-refractivity contribution in [2.24, 2.45) is 0 Å². The molecule has 0 fully saturated rings. The number of H-pyrrole nitrogens is 1. The van der Waals surface area contributed by atoms with E-state index < -0.39 is 15.8 Å². The first-order valence-corrected chi connectivity index (χ1v) is 12.5. The molecular formula is C23H23FN6O2S. The van der Waals surface area contributed by atoms with E-state index in [1.807, 2.05) is 24.4 Å². The lowest BCUT2D eigenvalue weighted by Gasteiger charge is -2.27. The lowest BCUT2D eigenvalue weighted by atomic mass is 10.1. The molecule has 0 unspecified atom stereocenters. The van der Waals surface area contributed by atoms with E-state index in [0.29, 0.717) is 42.4 Å². The third-order valence-electron chi connectivity index (χ3n) is 5.82. The molecule has 5 rings (SSSR count). The van der Waals surface area contributed by atoms with Crippen molar-refractivity contribution in [3.63, 3.8) is 0 Å². The van der Waals surface area contributed by atoms with E-state index in [9.17, 15) is 12.8 Å². The SMILES string of the molecule is CS(=O)(=O)N1CCc2c(nc(-c3cncc(F)c3)nc2NCCc2c[nH]c3ccccc23)C1. The summed E-state index contributed by atoms with van der Waals surface area (Å²) in [5.74, 6) is 0.471. The highest BCUT2D eigenvalue weighted by molar-refractivity contribution is 7.88. The van der Waals surface area contributed by atoms with E-state index in [-0.39, 0.29) is 6.54 Å². The Morgan fingerprint density at radius 3 is 2.88 bits per heavy atom. The fourth-order valence-electron chi connectivity index (χ4n) is 4.15. The third-order valence-corrected chi connectivity index (χ3v) is 7.07. The first kappa shape index (κ1) is 21.5. The van der Waals surface area contributed by atoms with Crippen LogP contribution in [0.2, 0.25) is 0 Å². The summed E-state index contributed by atoms with van der Waals surface area (Å²) >= 11 is 0. The summed E-state index contributed by atoms with van der Waals surface area (Å²) in [6.45, 7) is 1.15. The van der Waals surface area contributed by atoms with Gasteiger partial charge in [-0.3, -0.25) is 4.98 Å². The van der Waals surface area contributed by atoms with Crippen LogP contribution in [0.3, 0.4) is 0 Å². The summed E-state index contributed by atoms with van der Waals surface area (Å²) in [5, 5.41) is 4.59. The Morgan fingerprint density at radius 1 is 1.21 bits per heavy atom. The fourth-order valence-corrected chi connectivity index (χ4v) is 4.93. The Bertz CT molecular complexity index is 1440. The normalized spacial score (nSPS) is 14.4. The molecule has 1 aliphatic heterocycles. The molecule has 0 aliphatic carbocycles. The van der Waals surface area contributed by atoms with E-state index >= 15 is 0 Å². The smallest absolute Gasteiger partial charge is 0.211 e. The molecule has 0 bridgehead atoms. The third kappa shape index (κ3) is 4.44. The fraction of sp³-hybridized carbons (Fsp3) is 0.261. The highest BCUT2D eigenvalue weighted by atomic mass is 32.2. The summed E-state index contributed by atoms with van der Waals surface area (Å²) in [6, 6.07) is 9.46. The predicted molar refractivity (Wildman–Crippen MR) is 125 cm³/mol. The number of aromatic amines is 1. The van der Waals surface area contributed by atoms with Crippen molar-refractivity contribution < 1.29 is 12.8 Å². The van der Waals surface area contributed by atoms with Gasteiger partial charge in [-0.25, -0.2) is 22.8 Å². The molecule has 3 aromatic heterocycles. The molecule has 0 radical (unpaired) electrons. The second-order valence-corrected chi connectivity index (χ2v) is 10.1. The predicted octanol–water partition coefficient (Wildman–Crippen LogP) is 3.13. The molecule has 1 aromatic carbocycles. The number of halogens is 1. The van der Waals surface area contributed by atoms with Gasteiger partial charge in [-0.2, -0.15) is 4.31 Å². The minimum atomic E-state index is -3.36. The molecular weight excluding hydrogens is 443 g/mol. The average molecular weight is 467 g/mol. The highest BCUT2D eigenvalue weighted by Gasteiger charge is 2.27. The van der Waals surface area contributed by atoms with Gasteiger partial charge in [0, 0.05) is 47.5 Å². The number of rotatable bonds is 6. The van der Waals surface area contributed by atoms with Crippen molar-refractivity contribution in [3.05, 3.63) is 71.6 Å².